The van der Waals surface area contributed by atoms with E-state index in [9.17, 15) is 0 Å². The molecule has 3 heterocycles. The highest BCUT2D eigenvalue weighted by Crippen LogP contribution is 2.46. The number of nitrogens with zero attached hydrogens (tertiary/aromatic N) is 2. The molecule has 0 spiro atoms. The number of fused-ring (bicyclic) bond motifs is 10. The molecule has 9 rings (SSSR count). The van der Waals surface area contributed by atoms with Crippen LogP contribution in [-0.4, -0.2) is 11.4 Å². The molecule has 0 atom stereocenters. The van der Waals surface area contributed by atoms with Gasteiger partial charge in [-0.2, -0.15) is 0 Å². The van der Waals surface area contributed by atoms with Crippen LogP contribution in [0.1, 0.15) is 5.56 Å². The van der Waals surface area contributed by atoms with Crippen LogP contribution in [-0.2, 0) is 0 Å². The van der Waals surface area contributed by atoms with Crippen LogP contribution >= 0.6 is 0 Å². The van der Waals surface area contributed by atoms with Gasteiger partial charge in [-0.25, -0.2) is 0 Å². The summed E-state index contributed by atoms with van der Waals surface area (Å²) >= 11 is 0. The summed E-state index contributed by atoms with van der Waals surface area (Å²) < 4.78 is 2.57. The van der Waals surface area contributed by atoms with Crippen LogP contribution in [0.15, 0.2) is 121 Å². The van der Waals surface area contributed by atoms with Crippen molar-refractivity contribution in [2.45, 2.75) is 6.92 Å². The minimum Gasteiger partial charge on any atom is -0.376 e. The number of anilines is 2. The molecule has 38 heavy (non-hydrogen) atoms. The Balaban J connectivity index is 1.56. The van der Waals surface area contributed by atoms with Gasteiger partial charge < -0.3 is 9.38 Å². The minimum atomic E-state index is 0.0877. The largest absolute Gasteiger partial charge is 0.376 e. The lowest BCUT2D eigenvalue weighted by molar-refractivity contribution is 1.19. The van der Waals surface area contributed by atoms with E-state index in [0.717, 1.165) is 0 Å². The lowest BCUT2D eigenvalue weighted by atomic mass is 9.44. The molecule has 0 radical (unpaired) electrons. The summed E-state index contributed by atoms with van der Waals surface area (Å²) in [6, 6.07) is 44.7. The molecule has 0 aliphatic carbocycles. The Hall–Kier alpha value is -4.76. The van der Waals surface area contributed by atoms with Gasteiger partial charge >= 0.3 is 6.85 Å². The van der Waals surface area contributed by atoms with Gasteiger partial charge in [-0.3, -0.25) is 0 Å². The van der Waals surface area contributed by atoms with Crippen molar-refractivity contribution in [3.05, 3.63) is 127 Å². The molecule has 0 unspecified atom stereocenters. The van der Waals surface area contributed by atoms with Crippen LogP contribution in [0, 0.1) is 6.92 Å². The number of hydrogen-bond acceptors (Lipinski definition) is 1. The summed E-state index contributed by atoms with van der Waals surface area (Å²) in [5.41, 5.74) is 13.2. The zero-order chi connectivity index (χ0) is 25.0. The van der Waals surface area contributed by atoms with Crippen LogP contribution in [0.3, 0.4) is 0 Å². The van der Waals surface area contributed by atoms with Gasteiger partial charge in [-0.15, -0.1) is 0 Å². The molecule has 0 bridgehead atoms. The van der Waals surface area contributed by atoms with Crippen molar-refractivity contribution in [3.8, 4) is 16.8 Å². The fraction of sp³-hybridized carbons (Fsp3) is 0.0286. The van der Waals surface area contributed by atoms with Gasteiger partial charge in [0.15, 0.2) is 0 Å². The van der Waals surface area contributed by atoms with Crippen molar-refractivity contribution < 1.29 is 0 Å². The molecule has 3 heteroatoms. The summed E-state index contributed by atoms with van der Waals surface area (Å²) in [5, 5.41) is 5.29. The molecule has 0 N–H and O–H groups in total. The number of para-hydroxylation sites is 3. The predicted molar refractivity (Wildman–Crippen MR) is 162 cm³/mol. The lowest BCUT2D eigenvalue weighted by Gasteiger charge is -2.42. The standard InChI is InChI=1S/C35H23BN2/c1-22-21-28-26-15-7-9-17-30(26)38(24-12-3-2-4-13-24)36-29-16-8-10-18-31(29)37-34-25-14-6-5-11-23(25)19-20-27(34)32(22)35(37)33(28)36/h2-21H,1H3. The summed E-state index contributed by atoms with van der Waals surface area (Å²) in [5.74, 6) is 0. The minimum absolute atomic E-state index is 0.0877. The van der Waals surface area contributed by atoms with Gasteiger partial charge in [-0.1, -0.05) is 97.1 Å². The van der Waals surface area contributed by atoms with Crippen molar-refractivity contribution in [3.63, 3.8) is 0 Å². The summed E-state index contributed by atoms with van der Waals surface area (Å²) in [6.45, 7) is 2.38. The SMILES string of the molecule is Cc1cc2c3c4c1c1ccc5ccccc5c1n4-c1ccccc1B3N(c1ccccc1)c1ccccc1-2. The van der Waals surface area contributed by atoms with Crippen molar-refractivity contribution in [2.24, 2.45) is 0 Å². The predicted octanol–water partition coefficient (Wildman–Crippen LogP) is 7.48. The van der Waals surface area contributed by atoms with Crippen LogP contribution in [0.5, 0.6) is 0 Å². The van der Waals surface area contributed by atoms with E-state index in [0.29, 0.717) is 0 Å². The molecule has 7 aromatic rings. The third-order valence-corrected chi connectivity index (χ3v) is 8.65. The first-order valence-electron chi connectivity index (χ1n) is 13.3. The molecule has 0 saturated heterocycles. The van der Waals surface area contributed by atoms with Gasteiger partial charge in [0.2, 0.25) is 0 Å². The maximum atomic E-state index is 2.57. The Labute approximate surface area is 221 Å². The lowest BCUT2D eigenvalue weighted by Crippen LogP contribution is -2.60. The Bertz CT molecular complexity index is 2110. The molecule has 2 aliphatic rings. The van der Waals surface area contributed by atoms with Gasteiger partial charge in [0.05, 0.1) is 11.0 Å². The van der Waals surface area contributed by atoms with Crippen LogP contribution in [0.2, 0.25) is 0 Å². The molecule has 0 saturated carbocycles. The number of aryl methyl sites for hydroxylation is 1. The van der Waals surface area contributed by atoms with E-state index >= 15 is 0 Å². The van der Waals surface area contributed by atoms with Gasteiger partial charge in [0.25, 0.3) is 0 Å². The smallest absolute Gasteiger partial charge is 0.333 e. The molecule has 0 fully saturated rings. The topological polar surface area (TPSA) is 8.17 Å². The molecule has 1 aromatic heterocycles. The highest BCUT2D eigenvalue weighted by molar-refractivity contribution is 6.93. The fourth-order valence-electron chi connectivity index (χ4n) is 7.21. The first-order chi connectivity index (χ1) is 18.8. The molecule has 0 amide bonds. The normalized spacial score (nSPS) is 13.3. The summed E-state index contributed by atoms with van der Waals surface area (Å²) in [7, 11) is 0. The number of aromatic nitrogens is 1. The third-order valence-electron chi connectivity index (χ3n) is 8.65. The van der Waals surface area contributed by atoms with Crippen molar-refractivity contribution in [1.82, 2.24) is 4.57 Å². The Morgan fingerprint density at radius 2 is 1.32 bits per heavy atom. The van der Waals surface area contributed by atoms with Gasteiger partial charge in [-0.05, 0) is 58.6 Å². The second-order valence-corrected chi connectivity index (χ2v) is 10.6. The molecule has 2 nitrogen and oxygen atoms in total. The van der Waals surface area contributed by atoms with Crippen LogP contribution < -0.4 is 15.7 Å². The van der Waals surface area contributed by atoms with Crippen LogP contribution in [0.25, 0.3) is 49.4 Å². The van der Waals surface area contributed by atoms with E-state index < -0.39 is 0 Å². The van der Waals surface area contributed by atoms with E-state index in [4.69, 9.17) is 0 Å². The van der Waals surface area contributed by atoms with E-state index in [1.165, 1.54) is 77.3 Å². The maximum Gasteiger partial charge on any atom is 0.333 e. The molecular weight excluding hydrogens is 459 g/mol. The molecular formula is C35H23BN2. The van der Waals surface area contributed by atoms with E-state index in [2.05, 4.69) is 138 Å². The Morgan fingerprint density at radius 1 is 0.579 bits per heavy atom. The summed E-state index contributed by atoms with van der Waals surface area (Å²) in [4.78, 5) is 2.56. The molecule has 2 aliphatic heterocycles. The number of hydrogen-bond donors (Lipinski definition) is 0. The third kappa shape index (κ3) is 2.39. The first-order valence-corrected chi connectivity index (χ1v) is 13.3. The van der Waals surface area contributed by atoms with Crippen molar-refractivity contribution >= 4 is 61.7 Å². The zero-order valence-corrected chi connectivity index (χ0v) is 21.0. The summed E-state index contributed by atoms with van der Waals surface area (Å²) in [6.07, 6.45) is 0. The fourth-order valence-corrected chi connectivity index (χ4v) is 7.21. The van der Waals surface area contributed by atoms with Gasteiger partial charge in [0.1, 0.15) is 0 Å². The average molecular weight is 482 g/mol. The molecule has 176 valence electrons. The second kappa shape index (κ2) is 7.17. The average Bonchev–Trinajstić information content (AvgIpc) is 3.34. The Kier molecular flexibility index (Phi) is 3.84. The van der Waals surface area contributed by atoms with Gasteiger partial charge in [0, 0.05) is 38.8 Å². The monoisotopic (exact) mass is 482 g/mol. The van der Waals surface area contributed by atoms with E-state index in [-0.39, 0.29) is 6.85 Å². The highest BCUT2D eigenvalue weighted by atomic mass is 15.1. The van der Waals surface area contributed by atoms with E-state index in [1.54, 1.807) is 0 Å². The second-order valence-electron chi connectivity index (χ2n) is 10.6. The highest BCUT2D eigenvalue weighted by Gasteiger charge is 2.43. The maximum absolute atomic E-state index is 2.57. The van der Waals surface area contributed by atoms with Crippen LogP contribution in [0.4, 0.5) is 11.4 Å². The number of benzene rings is 6. The van der Waals surface area contributed by atoms with E-state index in [1.807, 2.05) is 0 Å². The Morgan fingerprint density at radius 3 is 2.21 bits per heavy atom. The quantitative estimate of drug-likeness (QED) is 0.220. The molecule has 6 aromatic carbocycles. The number of rotatable bonds is 1. The first kappa shape index (κ1) is 20.3. The van der Waals surface area contributed by atoms with Crippen molar-refractivity contribution in [1.29, 1.82) is 0 Å². The zero-order valence-electron chi connectivity index (χ0n) is 21.0. The van der Waals surface area contributed by atoms with Crippen molar-refractivity contribution in [2.75, 3.05) is 4.81 Å².